The molecule has 0 radical (unpaired) electrons. The predicted molar refractivity (Wildman–Crippen MR) is 88.3 cm³/mol. The maximum Gasteiger partial charge on any atom is 0.246 e. The first kappa shape index (κ1) is 14.5. The van der Waals surface area contributed by atoms with E-state index in [1.165, 1.54) is 32.1 Å². The molecule has 2 unspecified atom stereocenters. The molecule has 2 saturated carbocycles. The highest BCUT2D eigenvalue weighted by molar-refractivity contribution is 7.11. The van der Waals surface area contributed by atoms with E-state index in [0.29, 0.717) is 6.04 Å². The van der Waals surface area contributed by atoms with Crippen LogP contribution in [-0.4, -0.2) is 28.5 Å². The highest BCUT2D eigenvalue weighted by atomic mass is 32.1. The molecular weight excluding hydrogens is 294 g/mol. The lowest BCUT2D eigenvalue weighted by Gasteiger charge is -2.38. The molecule has 0 aromatic carbocycles. The zero-order valence-corrected chi connectivity index (χ0v) is 13.6. The third kappa shape index (κ3) is 2.74. The van der Waals surface area contributed by atoms with Crippen LogP contribution in [0.15, 0.2) is 17.5 Å². The summed E-state index contributed by atoms with van der Waals surface area (Å²) in [6, 6.07) is 2.43. The summed E-state index contributed by atoms with van der Waals surface area (Å²) in [5.74, 6) is 2.65. The standard InChI is InChI=1S/C18H23NO2S/c20-10-15-8-17(22-11-15)1-2-18(21)19-9-14-4-12-3-13(5-14)7-16(19)6-12/h1-2,8,11-14,16,20H,3-7,9-10H2. The monoisotopic (exact) mass is 317 g/mol. The molecule has 0 spiro atoms. The molecule has 4 fully saturated rings. The van der Waals surface area contributed by atoms with Gasteiger partial charge in [-0.25, -0.2) is 0 Å². The first-order valence-corrected chi connectivity index (χ1v) is 9.26. The molecule has 2 atom stereocenters. The number of rotatable bonds is 3. The van der Waals surface area contributed by atoms with Crippen molar-refractivity contribution in [1.29, 1.82) is 0 Å². The molecule has 4 aliphatic rings. The summed E-state index contributed by atoms with van der Waals surface area (Å²) < 4.78 is 0. The minimum absolute atomic E-state index is 0.0664. The number of fused-ring (bicyclic) bond motifs is 1. The van der Waals surface area contributed by atoms with Gasteiger partial charge in [0, 0.05) is 23.5 Å². The molecular formula is C18H23NO2S. The predicted octanol–water partition coefficient (Wildman–Crippen LogP) is 3.29. The van der Waals surface area contributed by atoms with Crippen LogP contribution in [0.2, 0.25) is 0 Å². The fraction of sp³-hybridized carbons (Fsp3) is 0.611. The molecule has 3 nitrogen and oxygen atoms in total. The Morgan fingerprint density at radius 3 is 2.64 bits per heavy atom. The Hall–Kier alpha value is -1.13. The number of hydrogen-bond acceptors (Lipinski definition) is 3. The second kappa shape index (κ2) is 5.82. The summed E-state index contributed by atoms with van der Waals surface area (Å²) in [4.78, 5) is 15.9. The van der Waals surface area contributed by atoms with Crippen LogP contribution in [-0.2, 0) is 11.4 Å². The summed E-state index contributed by atoms with van der Waals surface area (Å²) in [6.45, 7) is 1.03. The third-order valence-electron chi connectivity index (χ3n) is 5.64. The number of nitrogens with zero attached hydrogens (tertiary/aromatic N) is 1. The Balaban J connectivity index is 1.48. The van der Waals surface area contributed by atoms with E-state index in [1.54, 1.807) is 17.4 Å². The zero-order valence-electron chi connectivity index (χ0n) is 12.8. The molecule has 1 N–H and O–H groups in total. The largest absolute Gasteiger partial charge is 0.392 e. The van der Waals surface area contributed by atoms with Gasteiger partial charge in [-0.05, 0) is 72.9 Å². The van der Waals surface area contributed by atoms with Crippen molar-refractivity contribution < 1.29 is 9.90 Å². The summed E-state index contributed by atoms with van der Waals surface area (Å²) in [5.41, 5.74) is 0.919. The summed E-state index contributed by atoms with van der Waals surface area (Å²) in [5, 5.41) is 11.0. The van der Waals surface area contributed by atoms with Gasteiger partial charge in [-0.1, -0.05) is 0 Å². The SMILES string of the molecule is O=C(C=Cc1cc(CO)cs1)N1CC2CC3CC(C2)CC1C3. The maximum atomic E-state index is 12.7. The maximum absolute atomic E-state index is 12.7. The quantitative estimate of drug-likeness (QED) is 0.869. The minimum atomic E-state index is 0.0664. The Morgan fingerprint density at radius 1 is 1.23 bits per heavy atom. The number of hydrogen-bond donors (Lipinski definition) is 1. The van der Waals surface area contributed by atoms with Gasteiger partial charge in [0.1, 0.15) is 0 Å². The van der Waals surface area contributed by atoms with Crippen molar-refractivity contribution in [3.8, 4) is 0 Å². The van der Waals surface area contributed by atoms with Crippen molar-refractivity contribution >= 4 is 23.3 Å². The number of thiophene rings is 1. The molecule has 5 rings (SSSR count). The molecule has 3 heterocycles. The van der Waals surface area contributed by atoms with Crippen molar-refractivity contribution in [2.75, 3.05) is 6.54 Å². The first-order chi connectivity index (χ1) is 10.7. The van der Waals surface area contributed by atoms with E-state index >= 15 is 0 Å². The topological polar surface area (TPSA) is 40.5 Å². The highest BCUT2D eigenvalue weighted by Gasteiger charge is 2.43. The molecule has 4 bridgehead atoms. The van der Waals surface area contributed by atoms with E-state index in [2.05, 4.69) is 4.90 Å². The van der Waals surface area contributed by atoms with E-state index < -0.39 is 0 Å². The van der Waals surface area contributed by atoms with E-state index in [1.807, 2.05) is 17.5 Å². The number of carbonyl (C=O) groups is 1. The van der Waals surface area contributed by atoms with Crippen molar-refractivity contribution in [3.05, 3.63) is 28.0 Å². The Bertz CT molecular complexity index is 580. The number of amides is 1. The Morgan fingerprint density at radius 2 is 1.95 bits per heavy atom. The van der Waals surface area contributed by atoms with E-state index in [4.69, 9.17) is 5.11 Å². The number of aliphatic hydroxyl groups is 1. The van der Waals surface area contributed by atoms with Crippen molar-refractivity contribution in [2.24, 2.45) is 17.8 Å². The lowest BCUT2D eigenvalue weighted by Crippen LogP contribution is -2.41. The van der Waals surface area contributed by atoms with Crippen LogP contribution in [0.25, 0.3) is 6.08 Å². The molecule has 2 aliphatic carbocycles. The minimum Gasteiger partial charge on any atom is -0.392 e. The van der Waals surface area contributed by atoms with Crippen LogP contribution in [0.3, 0.4) is 0 Å². The van der Waals surface area contributed by atoms with Gasteiger partial charge in [0.25, 0.3) is 0 Å². The van der Waals surface area contributed by atoms with Crippen LogP contribution < -0.4 is 0 Å². The first-order valence-electron chi connectivity index (χ1n) is 8.38. The van der Waals surface area contributed by atoms with Crippen LogP contribution in [0.4, 0.5) is 0 Å². The Kier molecular flexibility index (Phi) is 3.82. The molecule has 2 aliphatic heterocycles. The zero-order chi connectivity index (χ0) is 15.1. The van der Waals surface area contributed by atoms with Gasteiger partial charge in [-0.2, -0.15) is 0 Å². The van der Waals surface area contributed by atoms with Crippen LogP contribution in [0.5, 0.6) is 0 Å². The smallest absolute Gasteiger partial charge is 0.246 e. The molecule has 2 saturated heterocycles. The summed E-state index contributed by atoms with van der Waals surface area (Å²) in [6.07, 6.45) is 10.2. The van der Waals surface area contributed by atoms with Crippen LogP contribution in [0.1, 0.15) is 42.5 Å². The van der Waals surface area contributed by atoms with Gasteiger partial charge in [0.15, 0.2) is 0 Å². The molecule has 4 heteroatoms. The molecule has 22 heavy (non-hydrogen) atoms. The van der Waals surface area contributed by atoms with Gasteiger partial charge in [0.05, 0.1) is 6.61 Å². The lowest BCUT2D eigenvalue weighted by atomic mass is 9.68. The van der Waals surface area contributed by atoms with Gasteiger partial charge >= 0.3 is 0 Å². The molecule has 118 valence electrons. The van der Waals surface area contributed by atoms with Gasteiger partial charge in [0.2, 0.25) is 5.91 Å². The van der Waals surface area contributed by atoms with Crippen molar-refractivity contribution in [3.63, 3.8) is 0 Å². The number of aliphatic hydroxyl groups excluding tert-OH is 1. The summed E-state index contributed by atoms with van der Waals surface area (Å²) >= 11 is 1.58. The van der Waals surface area contributed by atoms with E-state index in [0.717, 1.165) is 34.7 Å². The second-order valence-electron chi connectivity index (χ2n) is 7.27. The normalized spacial score (nSPS) is 33.6. The van der Waals surface area contributed by atoms with E-state index in [-0.39, 0.29) is 12.5 Å². The second-order valence-corrected chi connectivity index (χ2v) is 8.21. The highest BCUT2D eigenvalue weighted by Crippen LogP contribution is 2.47. The van der Waals surface area contributed by atoms with E-state index in [9.17, 15) is 4.79 Å². The third-order valence-corrected chi connectivity index (χ3v) is 6.58. The van der Waals surface area contributed by atoms with Crippen molar-refractivity contribution in [2.45, 2.75) is 44.8 Å². The van der Waals surface area contributed by atoms with Crippen LogP contribution >= 0.6 is 11.3 Å². The fourth-order valence-corrected chi connectivity index (χ4v) is 5.66. The lowest BCUT2D eigenvalue weighted by molar-refractivity contribution is -0.128. The van der Waals surface area contributed by atoms with Gasteiger partial charge in [-0.3, -0.25) is 4.79 Å². The van der Waals surface area contributed by atoms with Crippen molar-refractivity contribution in [1.82, 2.24) is 4.90 Å². The average molecular weight is 317 g/mol. The molecule has 1 amide bonds. The van der Waals surface area contributed by atoms with Gasteiger partial charge < -0.3 is 10.0 Å². The molecule has 1 aromatic heterocycles. The Labute approximate surface area is 135 Å². The van der Waals surface area contributed by atoms with Gasteiger partial charge in [-0.15, -0.1) is 11.3 Å². The average Bonchev–Trinajstić information content (AvgIpc) is 2.88. The number of carbonyl (C=O) groups excluding carboxylic acids is 1. The molecule has 1 aromatic rings. The fourth-order valence-electron chi connectivity index (χ4n) is 4.87. The summed E-state index contributed by atoms with van der Waals surface area (Å²) in [7, 11) is 0. The van der Waals surface area contributed by atoms with Crippen LogP contribution in [0, 0.1) is 17.8 Å².